The molecule has 3 heterocycles. The first-order valence-electron chi connectivity index (χ1n) is 10.8. The van der Waals surface area contributed by atoms with E-state index in [0.29, 0.717) is 0 Å². The van der Waals surface area contributed by atoms with Gasteiger partial charge in [-0.05, 0) is 49.7 Å². The van der Waals surface area contributed by atoms with Crippen LogP contribution in [0.25, 0.3) is 0 Å². The van der Waals surface area contributed by atoms with Gasteiger partial charge in [0.1, 0.15) is 11.5 Å². The molecule has 3 aliphatic heterocycles. The van der Waals surface area contributed by atoms with E-state index in [1.807, 2.05) is 12.1 Å². The van der Waals surface area contributed by atoms with Gasteiger partial charge in [-0.1, -0.05) is 17.7 Å². The standard InChI is InChI=1S/C24H29N3O2/c1-4-26-13-11-24(12-14-26)27-22(20-15-17(2)5-10-23(20)29-24)16-21(25-27)18-6-8-19(28-3)9-7-18/h5-10,15,22H,4,11-14,16H2,1-3H3/p+1/t22-/m1/s1. The van der Waals surface area contributed by atoms with Crippen molar-refractivity contribution >= 4 is 5.71 Å². The number of quaternary nitrogens is 1. The molecule has 0 unspecified atom stereocenters. The van der Waals surface area contributed by atoms with Crippen LogP contribution in [0.1, 0.15) is 48.9 Å². The lowest BCUT2D eigenvalue weighted by atomic mass is 9.90. The molecule has 0 bridgehead atoms. The minimum absolute atomic E-state index is 0.249. The highest BCUT2D eigenvalue weighted by Crippen LogP contribution is 2.49. The second-order valence-corrected chi connectivity index (χ2v) is 8.53. The Labute approximate surface area is 172 Å². The predicted molar refractivity (Wildman–Crippen MR) is 114 cm³/mol. The number of hydrogen-bond donors (Lipinski definition) is 1. The molecule has 152 valence electrons. The third-order valence-electron chi connectivity index (χ3n) is 6.81. The lowest BCUT2D eigenvalue weighted by Crippen LogP contribution is -3.13. The second kappa shape index (κ2) is 7.06. The Bertz CT molecular complexity index is 930. The van der Waals surface area contributed by atoms with Crippen LogP contribution in [0, 0.1) is 6.92 Å². The van der Waals surface area contributed by atoms with Crippen molar-refractivity contribution in [3.05, 3.63) is 59.2 Å². The molecule has 0 saturated carbocycles. The van der Waals surface area contributed by atoms with E-state index in [-0.39, 0.29) is 11.8 Å². The zero-order valence-electron chi connectivity index (χ0n) is 17.6. The number of methoxy groups -OCH3 is 1. The lowest BCUT2D eigenvalue weighted by Gasteiger charge is -2.50. The highest BCUT2D eigenvalue weighted by atomic mass is 16.5. The molecule has 5 rings (SSSR count). The smallest absolute Gasteiger partial charge is 0.208 e. The summed E-state index contributed by atoms with van der Waals surface area (Å²) in [7, 11) is 1.70. The Kier molecular flexibility index (Phi) is 4.50. The van der Waals surface area contributed by atoms with Crippen molar-refractivity contribution in [3.63, 3.8) is 0 Å². The van der Waals surface area contributed by atoms with Gasteiger partial charge < -0.3 is 14.4 Å². The molecule has 1 atom stereocenters. The Morgan fingerprint density at radius 1 is 1.17 bits per heavy atom. The molecule has 0 radical (unpaired) electrons. The van der Waals surface area contributed by atoms with Crippen molar-refractivity contribution in [2.24, 2.45) is 5.10 Å². The summed E-state index contributed by atoms with van der Waals surface area (Å²) >= 11 is 0. The summed E-state index contributed by atoms with van der Waals surface area (Å²) in [6, 6.07) is 15.1. The van der Waals surface area contributed by atoms with Gasteiger partial charge in [-0.3, -0.25) is 0 Å². The number of ether oxygens (including phenoxy) is 2. The quantitative estimate of drug-likeness (QED) is 0.873. The average Bonchev–Trinajstić information content (AvgIpc) is 3.22. The molecule has 1 N–H and O–H groups in total. The SMILES string of the molecule is CC[NH+]1CCC2(CC1)Oc1ccc(C)cc1[C@H]1CC(c3ccc(OC)cc3)=NN12. The van der Waals surface area contributed by atoms with E-state index in [1.54, 1.807) is 12.0 Å². The topological polar surface area (TPSA) is 38.5 Å². The summed E-state index contributed by atoms with van der Waals surface area (Å²) in [6.45, 7) is 7.86. The number of hydrogen-bond acceptors (Lipinski definition) is 4. The van der Waals surface area contributed by atoms with Crippen LogP contribution < -0.4 is 14.4 Å². The first-order valence-corrected chi connectivity index (χ1v) is 10.8. The van der Waals surface area contributed by atoms with Crippen LogP contribution in [0.4, 0.5) is 0 Å². The Hall–Kier alpha value is -2.53. The van der Waals surface area contributed by atoms with Crippen LogP contribution in [-0.2, 0) is 0 Å². The highest BCUT2D eigenvalue weighted by Gasteiger charge is 2.52. The summed E-state index contributed by atoms with van der Waals surface area (Å²) in [4.78, 5) is 1.66. The van der Waals surface area contributed by atoms with E-state index < -0.39 is 0 Å². The summed E-state index contributed by atoms with van der Waals surface area (Å²) in [5.41, 5.74) is 4.53. The molecule has 2 aromatic rings. The van der Waals surface area contributed by atoms with Crippen LogP contribution in [0.3, 0.4) is 0 Å². The molecular formula is C24H30N3O2+. The molecule has 2 aromatic carbocycles. The molecule has 5 nitrogen and oxygen atoms in total. The largest absolute Gasteiger partial charge is 0.497 e. The predicted octanol–water partition coefficient (Wildman–Crippen LogP) is 2.94. The van der Waals surface area contributed by atoms with E-state index in [1.165, 1.54) is 23.2 Å². The number of hydrazone groups is 1. The zero-order chi connectivity index (χ0) is 20.0. The molecule has 1 fully saturated rings. The van der Waals surface area contributed by atoms with E-state index in [4.69, 9.17) is 14.6 Å². The summed E-state index contributed by atoms with van der Waals surface area (Å²) in [5.74, 6) is 1.92. The monoisotopic (exact) mass is 392 g/mol. The fraction of sp³-hybridized carbons (Fsp3) is 0.458. The maximum Gasteiger partial charge on any atom is 0.208 e. The first-order chi connectivity index (χ1) is 14.1. The fourth-order valence-electron chi connectivity index (χ4n) is 5.04. The van der Waals surface area contributed by atoms with E-state index in [2.05, 4.69) is 49.2 Å². The fourth-order valence-corrected chi connectivity index (χ4v) is 5.04. The summed E-state index contributed by atoms with van der Waals surface area (Å²) < 4.78 is 12.1. The third-order valence-corrected chi connectivity index (χ3v) is 6.81. The number of nitrogens with one attached hydrogen (secondary N) is 1. The molecule has 1 saturated heterocycles. The average molecular weight is 393 g/mol. The molecule has 0 amide bonds. The van der Waals surface area contributed by atoms with Crippen LogP contribution in [0.15, 0.2) is 47.6 Å². The van der Waals surface area contributed by atoms with Gasteiger partial charge in [-0.15, -0.1) is 0 Å². The molecule has 1 spiro atoms. The van der Waals surface area contributed by atoms with Crippen LogP contribution in [-0.4, -0.2) is 43.2 Å². The van der Waals surface area contributed by atoms with Crippen molar-refractivity contribution in [1.29, 1.82) is 0 Å². The molecule has 0 aliphatic carbocycles. The number of benzene rings is 2. The van der Waals surface area contributed by atoms with Crippen molar-refractivity contribution in [3.8, 4) is 11.5 Å². The zero-order valence-corrected chi connectivity index (χ0v) is 17.6. The van der Waals surface area contributed by atoms with Crippen molar-refractivity contribution < 1.29 is 14.4 Å². The minimum atomic E-state index is -0.320. The maximum absolute atomic E-state index is 6.73. The van der Waals surface area contributed by atoms with Gasteiger partial charge in [0.05, 0.1) is 51.3 Å². The molecule has 29 heavy (non-hydrogen) atoms. The van der Waals surface area contributed by atoms with Crippen molar-refractivity contribution in [2.75, 3.05) is 26.7 Å². The maximum atomic E-state index is 6.73. The van der Waals surface area contributed by atoms with Gasteiger partial charge in [0.25, 0.3) is 0 Å². The van der Waals surface area contributed by atoms with Gasteiger partial charge in [0.2, 0.25) is 5.72 Å². The Balaban J connectivity index is 1.54. The van der Waals surface area contributed by atoms with Crippen LogP contribution >= 0.6 is 0 Å². The highest BCUT2D eigenvalue weighted by molar-refractivity contribution is 6.02. The molecular weight excluding hydrogens is 362 g/mol. The number of fused-ring (bicyclic) bond motifs is 4. The van der Waals surface area contributed by atoms with Gasteiger partial charge in [0, 0.05) is 12.0 Å². The summed E-state index contributed by atoms with van der Waals surface area (Å²) in [5, 5.41) is 7.47. The molecule has 5 heteroatoms. The lowest BCUT2D eigenvalue weighted by molar-refractivity contribution is -0.906. The number of piperidine rings is 1. The van der Waals surface area contributed by atoms with Crippen LogP contribution in [0.5, 0.6) is 11.5 Å². The van der Waals surface area contributed by atoms with Crippen molar-refractivity contribution in [2.45, 2.75) is 44.9 Å². The number of likely N-dealkylation sites (tertiary alicyclic amines) is 1. The number of aryl methyl sites for hydroxylation is 1. The van der Waals surface area contributed by atoms with Crippen LogP contribution in [0.2, 0.25) is 0 Å². The number of rotatable bonds is 3. The molecule has 3 aliphatic rings. The van der Waals surface area contributed by atoms with Crippen molar-refractivity contribution in [1.82, 2.24) is 5.01 Å². The van der Waals surface area contributed by atoms with Gasteiger partial charge in [0.15, 0.2) is 0 Å². The van der Waals surface area contributed by atoms with Gasteiger partial charge >= 0.3 is 0 Å². The van der Waals surface area contributed by atoms with E-state index in [0.717, 1.165) is 49.6 Å². The van der Waals surface area contributed by atoms with Gasteiger partial charge in [-0.2, -0.15) is 5.10 Å². The first kappa shape index (κ1) is 18.5. The minimum Gasteiger partial charge on any atom is -0.497 e. The van der Waals surface area contributed by atoms with Gasteiger partial charge in [-0.25, -0.2) is 5.01 Å². The van der Waals surface area contributed by atoms with E-state index >= 15 is 0 Å². The Morgan fingerprint density at radius 3 is 2.62 bits per heavy atom. The van der Waals surface area contributed by atoms with E-state index in [9.17, 15) is 0 Å². The normalized spacial score (nSPS) is 27.8. The summed E-state index contributed by atoms with van der Waals surface area (Å²) in [6.07, 6.45) is 2.94. The number of nitrogens with zero attached hydrogens (tertiary/aromatic N) is 2. The Morgan fingerprint density at radius 2 is 1.93 bits per heavy atom. The third kappa shape index (κ3) is 3.08. The second-order valence-electron chi connectivity index (χ2n) is 8.53. The molecule has 0 aromatic heterocycles.